The predicted molar refractivity (Wildman–Crippen MR) is 143 cm³/mol. The molecule has 1 saturated heterocycles. The van der Waals surface area contributed by atoms with Gasteiger partial charge in [0.15, 0.2) is 11.5 Å². The summed E-state index contributed by atoms with van der Waals surface area (Å²) in [5.74, 6) is 1.20. The molecule has 1 fully saturated rings. The first-order valence-corrected chi connectivity index (χ1v) is 12.6. The Balaban J connectivity index is 1.45. The van der Waals surface area contributed by atoms with E-state index in [4.69, 9.17) is 21.1 Å². The zero-order valence-electron chi connectivity index (χ0n) is 21.4. The zero-order valence-corrected chi connectivity index (χ0v) is 22.1. The molecule has 2 heterocycles. The summed E-state index contributed by atoms with van der Waals surface area (Å²) in [6.07, 6.45) is 3.03. The number of benzene rings is 2. The molecule has 37 heavy (non-hydrogen) atoms. The monoisotopic (exact) mass is 518 g/mol. The minimum absolute atomic E-state index is 0.203. The smallest absolute Gasteiger partial charge is 0.251 e. The third-order valence-corrected chi connectivity index (χ3v) is 7.48. The van der Waals surface area contributed by atoms with Gasteiger partial charge >= 0.3 is 0 Å². The number of nitriles is 1. The highest BCUT2D eigenvalue weighted by atomic mass is 35.5. The van der Waals surface area contributed by atoms with Crippen LogP contribution in [0.15, 0.2) is 54.7 Å². The number of carbonyl (C=O) groups excluding carboxylic acids is 1. The molecule has 4 rings (SSSR count). The maximum atomic E-state index is 12.9. The molecule has 0 spiro atoms. The number of piperidine rings is 1. The molecule has 0 radical (unpaired) electrons. The van der Waals surface area contributed by atoms with E-state index in [2.05, 4.69) is 21.3 Å². The number of pyridine rings is 1. The van der Waals surface area contributed by atoms with Crippen LogP contribution in [0.1, 0.15) is 45.6 Å². The van der Waals surface area contributed by atoms with Crippen LogP contribution in [0.25, 0.3) is 0 Å². The molecule has 1 amide bonds. The van der Waals surface area contributed by atoms with Gasteiger partial charge in [0.25, 0.3) is 5.91 Å². The van der Waals surface area contributed by atoms with Crippen LogP contribution >= 0.6 is 11.6 Å². The number of rotatable bonds is 8. The summed E-state index contributed by atoms with van der Waals surface area (Å²) in [6, 6.07) is 17.6. The predicted octanol–water partition coefficient (Wildman–Crippen LogP) is 5.05. The van der Waals surface area contributed by atoms with Crippen molar-refractivity contribution in [2.45, 2.75) is 38.3 Å². The molecule has 0 unspecified atom stereocenters. The molecule has 0 aliphatic carbocycles. The molecule has 1 aliphatic rings. The minimum Gasteiger partial charge on any atom is -0.493 e. The van der Waals surface area contributed by atoms with Gasteiger partial charge in [0.1, 0.15) is 5.41 Å². The van der Waals surface area contributed by atoms with E-state index in [1.54, 1.807) is 38.6 Å². The first-order chi connectivity index (χ1) is 17.9. The van der Waals surface area contributed by atoms with E-state index < -0.39 is 5.41 Å². The summed E-state index contributed by atoms with van der Waals surface area (Å²) >= 11 is 6.19. The molecular weight excluding hydrogens is 488 g/mol. The van der Waals surface area contributed by atoms with E-state index in [0.29, 0.717) is 34.9 Å². The highest BCUT2D eigenvalue weighted by molar-refractivity contribution is 6.31. The Morgan fingerprint density at radius 1 is 1.14 bits per heavy atom. The number of amides is 1. The number of aromatic nitrogens is 1. The molecule has 1 aliphatic heterocycles. The van der Waals surface area contributed by atoms with Crippen LogP contribution in [-0.2, 0) is 18.5 Å². The van der Waals surface area contributed by atoms with E-state index in [1.165, 1.54) is 0 Å². The van der Waals surface area contributed by atoms with Crippen LogP contribution in [0.5, 0.6) is 11.5 Å². The van der Waals surface area contributed by atoms with Crippen molar-refractivity contribution >= 4 is 17.5 Å². The number of ether oxygens (including phenoxy) is 2. The van der Waals surface area contributed by atoms with Crippen molar-refractivity contribution in [1.29, 1.82) is 5.26 Å². The van der Waals surface area contributed by atoms with Crippen LogP contribution in [-0.4, -0.2) is 43.1 Å². The van der Waals surface area contributed by atoms with Gasteiger partial charge in [0.2, 0.25) is 0 Å². The molecule has 1 N–H and O–H groups in total. The fraction of sp³-hybridized carbons (Fsp3) is 0.345. The van der Waals surface area contributed by atoms with Gasteiger partial charge in [0.05, 0.1) is 26.0 Å². The minimum atomic E-state index is -0.707. The molecule has 7 nitrogen and oxygen atoms in total. The lowest BCUT2D eigenvalue weighted by molar-refractivity contribution is 0.0950. The van der Waals surface area contributed by atoms with Gasteiger partial charge in [-0.3, -0.25) is 14.7 Å². The second-order valence-corrected chi connectivity index (χ2v) is 9.67. The van der Waals surface area contributed by atoms with E-state index in [9.17, 15) is 10.1 Å². The van der Waals surface area contributed by atoms with Gasteiger partial charge < -0.3 is 14.8 Å². The van der Waals surface area contributed by atoms with Crippen molar-refractivity contribution in [2.24, 2.45) is 0 Å². The number of hydrogen-bond donors (Lipinski definition) is 1. The van der Waals surface area contributed by atoms with Crippen LogP contribution in [0, 0.1) is 18.3 Å². The first-order valence-electron chi connectivity index (χ1n) is 12.2. The Labute approximate surface area is 223 Å². The third-order valence-electron chi connectivity index (χ3n) is 7.07. The Hall–Kier alpha value is -3.60. The maximum Gasteiger partial charge on any atom is 0.251 e. The Kier molecular flexibility index (Phi) is 8.32. The fourth-order valence-corrected chi connectivity index (χ4v) is 5.04. The molecule has 1 aromatic heterocycles. The van der Waals surface area contributed by atoms with Crippen molar-refractivity contribution in [3.8, 4) is 17.6 Å². The normalized spacial score (nSPS) is 15.0. The van der Waals surface area contributed by atoms with E-state index >= 15 is 0 Å². The third kappa shape index (κ3) is 5.71. The quantitative estimate of drug-likeness (QED) is 0.449. The highest BCUT2D eigenvalue weighted by Crippen LogP contribution is 2.36. The molecule has 3 aromatic rings. The summed E-state index contributed by atoms with van der Waals surface area (Å²) in [7, 11) is 3.26. The zero-order chi connectivity index (χ0) is 26.4. The average molecular weight is 519 g/mol. The van der Waals surface area contributed by atoms with Crippen LogP contribution in [0.3, 0.4) is 0 Å². The van der Waals surface area contributed by atoms with Crippen molar-refractivity contribution in [1.82, 2.24) is 15.2 Å². The summed E-state index contributed by atoms with van der Waals surface area (Å²) in [4.78, 5) is 19.8. The van der Waals surface area contributed by atoms with E-state index in [-0.39, 0.29) is 12.5 Å². The summed E-state index contributed by atoms with van der Waals surface area (Å²) in [6.45, 7) is 4.38. The van der Waals surface area contributed by atoms with Gasteiger partial charge in [-0.1, -0.05) is 29.8 Å². The number of nitrogens with one attached hydrogen (secondary N) is 1. The molecule has 2 aromatic carbocycles. The van der Waals surface area contributed by atoms with Crippen molar-refractivity contribution in [2.75, 3.05) is 27.3 Å². The van der Waals surface area contributed by atoms with Crippen LogP contribution in [0.4, 0.5) is 0 Å². The number of hydrogen-bond acceptors (Lipinski definition) is 6. The average Bonchev–Trinajstić information content (AvgIpc) is 2.94. The summed E-state index contributed by atoms with van der Waals surface area (Å²) in [5.41, 5.74) is 3.29. The number of carbonyl (C=O) groups is 1. The van der Waals surface area contributed by atoms with Gasteiger partial charge in [-0.05, 0) is 66.8 Å². The standard InChI is InChI=1S/C29H31ClN4O3/c1-20-23(7-4-8-24(20)30)28(35)33-17-22-6-5-13-32-27(22)29(19-31)11-14-34(15-12-29)18-21-9-10-25(36-2)26(16-21)37-3/h4-10,13,16H,11-12,14-15,17-18H2,1-3H3,(H,33,35). The topological polar surface area (TPSA) is 87.5 Å². The number of halogens is 1. The molecule has 0 bridgehead atoms. The van der Waals surface area contributed by atoms with Crippen molar-refractivity contribution < 1.29 is 14.3 Å². The van der Waals surface area contributed by atoms with Crippen LogP contribution in [0.2, 0.25) is 5.02 Å². The fourth-order valence-electron chi connectivity index (χ4n) is 4.87. The molecular formula is C29H31ClN4O3. The molecule has 0 saturated carbocycles. The van der Waals surface area contributed by atoms with Gasteiger partial charge in [-0.15, -0.1) is 0 Å². The Morgan fingerprint density at radius 2 is 1.89 bits per heavy atom. The second-order valence-electron chi connectivity index (χ2n) is 9.27. The number of nitrogens with zero attached hydrogens (tertiary/aromatic N) is 3. The second kappa shape index (κ2) is 11.6. The summed E-state index contributed by atoms with van der Waals surface area (Å²) in [5, 5.41) is 13.8. The van der Waals surface area contributed by atoms with Crippen molar-refractivity contribution in [3.05, 3.63) is 87.7 Å². The van der Waals surface area contributed by atoms with Crippen LogP contribution < -0.4 is 14.8 Å². The first kappa shape index (κ1) is 26.5. The van der Waals surface area contributed by atoms with Gasteiger partial charge in [0, 0.05) is 43.0 Å². The van der Waals surface area contributed by atoms with E-state index in [1.807, 2.05) is 37.3 Å². The SMILES string of the molecule is COc1ccc(CN2CCC(C#N)(c3ncccc3CNC(=O)c3cccc(Cl)c3C)CC2)cc1OC. The number of likely N-dealkylation sites (tertiary alicyclic amines) is 1. The largest absolute Gasteiger partial charge is 0.493 e. The van der Waals surface area contributed by atoms with Gasteiger partial charge in [-0.2, -0.15) is 5.26 Å². The molecule has 0 atom stereocenters. The maximum absolute atomic E-state index is 12.9. The lowest BCUT2D eigenvalue weighted by Gasteiger charge is -2.37. The molecule has 192 valence electrons. The van der Waals surface area contributed by atoms with Crippen molar-refractivity contribution in [3.63, 3.8) is 0 Å². The summed E-state index contributed by atoms with van der Waals surface area (Å²) < 4.78 is 10.8. The highest BCUT2D eigenvalue weighted by Gasteiger charge is 2.39. The molecule has 8 heteroatoms. The Bertz CT molecular complexity index is 1310. The lowest BCUT2D eigenvalue weighted by atomic mass is 9.75. The lowest BCUT2D eigenvalue weighted by Crippen LogP contribution is -2.42. The Morgan fingerprint density at radius 3 is 2.59 bits per heavy atom. The van der Waals surface area contributed by atoms with Gasteiger partial charge in [-0.25, -0.2) is 0 Å². The number of methoxy groups -OCH3 is 2. The van der Waals surface area contributed by atoms with E-state index in [0.717, 1.165) is 42.0 Å².